The largest absolute Gasteiger partial charge is 0.439 e. The first kappa shape index (κ1) is 19.6. The number of para-hydroxylation sites is 1. The molecule has 0 spiro atoms. The van der Waals surface area contributed by atoms with Gasteiger partial charge in [-0.15, -0.1) is 0 Å². The Morgan fingerprint density at radius 2 is 1.97 bits per heavy atom. The van der Waals surface area contributed by atoms with Gasteiger partial charge >= 0.3 is 5.63 Å². The van der Waals surface area contributed by atoms with Gasteiger partial charge in [0.25, 0.3) is 0 Å². The Hall–Kier alpha value is -4.37. The van der Waals surface area contributed by atoms with Crippen molar-refractivity contribution >= 4 is 11.0 Å². The van der Waals surface area contributed by atoms with Crippen molar-refractivity contribution in [2.24, 2.45) is 5.73 Å². The Balaban J connectivity index is 1.67. The first-order valence-electron chi connectivity index (χ1n) is 10.2. The number of hydrogen-bond acceptors (Lipinski definition) is 5. The van der Waals surface area contributed by atoms with E-state index in [2.05, 4.69) is 31.2 Å². The van der Waals surface area contributed by atoms with E-state index in [-0.39, 0.29) is 17.0 Å². The van der Waals surface area contributed by atoms with Crippen LogP contribution in [-0.2, 0) is 6.54 Å². The molecule has 1 unspecified atom stereocenters. The fourth-order valence-corrected chi connectivity index (χ4v) is 4.23. The molecule has 2 aromatic carbocycles. The molecule has 2 aromatic heterocycles. The monoisotopic (exact) mass is 422 g/mol. The topological polar surface area (TPSA) is 93.1 Å². The number of fused-ring (bicyclic) bond motifs is 3. The van der Waals surface area contributed by atoms with Gasteiger partial charge in [0.1, 0.15) is 17.2 Å². The van der Waals surface area contributed by atoms with Crippen molar-refractivity contribution in [1.82, 2.24) is 0 Å². The number of aromatic nitrogens is 1. The van der Waals surface area contributed by atoms with Gasteiger partial charge in [0.05, 0.1) is 16.9 Å². The van der Waals surface area contributed by atoms with Crippen LogP contribution in [0.4, 0.5) is 0 Å². The van der Waals surface area contributed by atoms with E-state index in [1.54, 1.807) is 12.1 Å². The van der Waals surface area contributed by atoms with Crippen molar-refractivity contribution in [3.05, 3.63) is 117 Å². The molecular weight excluding hydrogens is 402 g/mol. The number of ether oxygens (including phenoxy) is 1. The molecule has 6 heteroatoms. The van der Waals surface area contributed by atoms with Crippen molar-refractivity contribution in [1.29, 1.82) is 5.26 Å². The van der Waals surface area contributed by atoms with E-state index in [4.69, 9.17) is 14.9 Å². The smallest absolute Gasteiger partial charge is 0.344 e. The molecular formula is C26H20N3O3+. The Kier molecular flexibility index (Phi) is 4.72. The van der Waals surface area contributed by atoms with Crippen LogP contribution in [0.1, 0.15) is 28.2 Å². The zero-order valence-electron chi connectivity index (χ0n) is 17.4. The van der Waals surface area contributed by atoms with Gasteiger partial charge < -0.3 is 14.9 Å². The van der Waals surface area contributed by atoms with Crippen LogP contribution in [0.25, 0.3) is 11.0 Å². The molecule has 4 aromatic rings. The van der Waals surface area contributed by atoms with Gasteiger partial charge in [-0.25, -0.2) is 9.36 Å². The first-order chi connectivity index (χ1) is 15.5. The maximum absolute atomic E-state index is 13.0. The highest BCUT2D eigenvalue weighted by Crippen LogP contribution is 2.43. The minimum Gasteiger partial charge on any atom is -0.439 e. The molecule has 2 N–H and O–H groups in total. The van der Waals surface area contributed by atoms with Crippen LogP contribution in [0.15, 0.2) is 93.7 Å². The number of allylic oxidation sites excluding steroid dienone is 1. The highest BCUT2D eigenvalue weighted by molar-refractivity contribution is 5.85. The lowest BCUT2D eigenvalue weighted by Gasteiger charge is -2.25. The first-order valence-corrected chi connectivity index (χ1v) is 10.2. The molecule has 0 amide bonds. The number of benzene rings is 2. The summed E-state index contributed by atoms with van der Waals surface area (Å²) in [6.07, 6.45) is 3.88. The van der Waals surface area contributed by atoms with Crippen LogP contribution >= 0.6 is 0 Å². The van der Waals surface area contributed by atoms with Crippen molar-refractivity contribution in [2.75, 3.05) is 0 Å². The van der Waals surface area contributed by atoms with Crippen molar-refractivity contribution < 1.29 is 13.7 Å². The lowest BCUT2D eigenvalue weighted by molar-refractivity contribution is -0.688. The number of aryl methyl sites for hydroxylation is 1. The molecule has 156 valence electrons. The third kappa shape index (κ3) is 3.30. The van der Waals surface area contributed by atoms with E-state index in [0.29, 0.717) is 23.3 Å². The average molecular weight is 422 g/mol. The Morgan fingerprint density at radius 1 is 1.12 bits per heavy atom. The summed E-state index contributed by atoms with van der Waals surface area (Å²) in [6.45, 7) is 2.71. The Morgan fingerprint density at radius 3 is 2.78 bits per heavy atom. The van der Waals surface area contributed by atoms with Crippen LogP contribution in [0.5, 0.6) is 5.75 Å². The molecule has 32 heavy (non-hydrogen) atoms. The van der Waals surface area contributed by atoms with E-state index >= 15 is 0 Å². The summed E-state index contributed by atoms with van der Waals surface area (Å²) in [7, 11) is 0. The van der Waals surface area contributed by atoms with Gasteiger partial charge in [0.15, 0.2) is 24.7 Å². The van der Waals surface area contributed by atoms with Crippen LogP contribution in [0.2, 0.25) is 0 Å². The second-order valence-corrected chi connectivity index (χ2v) is 7.85. The fraction of sp³-hybridized carbons (Fsp3) is 0.115. The molecule has 0 aliphatic carbocycles. The molecule has 3 heterocycles. The SMILES string of the molecule is Cc1cccc(C[n+]2cccc(C3C(C#N)=C(N)Oc4c3c(=O)oc3ccccc43)c2)c1. The molecule has 1 aliphatic heterocycles. The van der Waals surface area contributed by atoms with Crippen LogP contribution < -0.4 is 20.7 Å². The third-order valence-electron chi connectivity index (χ3n) is 5.64. The van der Waals surface area contributed by atoms with Crippen molar-refractivity contribution in [3.63, 3.8) is 0 Å². The van der Waals surface area contributed by atoms with E-state index in [1.165, 1.54) is 5.56 Å². The number of hydrogen-bond donors (Lipinski definition) is 1. The second-order valence-electron chi connectivity index (χ2n) is 7.85. The highest BCUT2D eigenvalue weighted by Gasteiger charge is 2.36. The van der Waals surface area contributed by atoms with Gasteiger partial charge in [0.2, 0.25) is 5.88 Å². The molecule has 0 saturated heterocycles. The lowest BCUT2D eigenvalue weighted by Crippen LogP contribution is -2.35. The van der Waals surface area contributed by atoms with E-state index in [1.807, 2.05) is 47.3 Å². The van der Waals surface area contributed by atoms with Crippen molar-refractivity contribution in [3.8, 4) is 11.8 Å². The zero-order chi connectivity index (χ0) is 22.2. The van der Waals surface area contributed by atoms with Gasteiger partial charge in [-0.3, -0.25) is 0 Å². The minimum atomic E-state index is -0.686. The maximum atomic E-state index is 13.0. The van der Waals surface area contributed by atoms with Gasteiger partial charge in [0, 0.05) is 17.2 Å². The molecule has 6 nitrogen and oxygen atoms in total. The summed E-state index contributed by atoms with van der Waals surface area (Å²) in [5.41, 5.74) is 9.57. The van der Waals surface area contributed by atoms with Gasteiger partial charge in [-0.2, -0.15) is 5.26 Å². The van der Waals surface area contributed by atoms with Crippen LogP contribution in [0.3, 0.4) is 0 Å². The quantitative estimate of drug-likeness (QED) is 0.402. The fourth-order valence-electron chi connectivity index (χ4n) is 4.23. The average Bonchev–Trinajstić information content (AvgIpc) is 2.78. The predicted molar refractivity (Wildman–Crippen MR) is 119 cm³/mol. The molecule has 0 bridgehead atoms. The number of nitrogens with two attached hydrogens (primary N) is 1. The Bertz CT molecular complexity index is 1490. The number of pyridine rings is 1. The lowest BCUT2D eigenvalue weighted by atomic mass is 9.84. The number of nitrogens with zero attached hydrogens (tertiary/aromatic N) is 2. The highest BCUT2D eigenvalue weighted by atomic mass is 16.5. The third-order valence-corrected chi connectivity index (χ3v) is 5.64. The minimum absolute atomic E-state index is 0.00478. The molecule has 5 rings (SSSR count). The maximum Gasteiger partial charge on any atom is 0.344 e. The summed E-state index contributed by atoms with van der Waals surface area (Å²) in [5.74, 6) is -0.350. The van der Waals surface area contributed by atoms with E-state index < -0.39 is 11.5 Å². The standard InChI is InChI=1S/C26H20N3O3/c1-16-6-4-7-17(12-16)14-29-11-5-8-18(15-29)22-20(13-27)25(28)32-24-19-9-2-3-10-21(19)31-26(30)23(22)24/h2-12,15,22H,14,28H2,1H3/q+1. The normalized spacial score (nSPS) is 15.2. The van der Waals surface area contributed by atoms with E-state index in [0.717, 1.165) is 11.1 Å². The number of nitriles is 1. The summed E-state index contributed by atoms with van der Waals surface area (Å²) >= 11 is 0. The number of rotatable bonds is 3. The van der Waals surface area contributed by atoms with Gasteiger partial charge in [-0.1, -0.05) is 35.9 Å². The molecule has 1 atom stereocenters. The predicted octanol–water partition coefficient (Wildman–Crippen LogP) is 3.66. The van der Waals surface area contributed by atoms with Gasteiger partial charge in [-0.05, 0) is 31.2 Å². The zero-order valence-corrected chi connectivity index (χ0v) is 17.4. The molecule has 0 radical (unpaired) electrons. The van der Waals surface area contributed by atoms with Crippen molar-refractivity contribution in [2.45, 2.75) is 19.4 Å². The molecule has 0 saturated carbocycles. The van der Waals surface area contributed by atoms with Crippen LogP contribution in [-0.4, -0.2) is 0 Å². The van der Waals surface area contributed by atoms with Crippen LogP contribution in [0, 0.1) is 18.3 Å². The summed E-state index contributed by atoms with van der Waals surface area (Å²) in [6, 6.07) is 21.3. The Labute approximate surface area is 184 Å². The molecule has 1 aliphatic rings. The second kappa shape index (κ2) is 7.71. The molecule has 0 fully saturated rings. The summed E-state index contributed by atoms with van der Waals surface area (Å²) in [4.78, 5) is 13.0. The summed E-state index contributed by atoms with van der Waals surface area (Å²) < 4.78 is 13.4. The summed E-state index contributed by atoms with van der Waals surface area (Å²) in [5, 5.41) is 10.5. The van der Waals surface area contributed by atoms with E-state index in [9.17, 15) is 10.1 Å².